The van der Waals surface area contributed by atoms with E-state index in [1.807, 2.05) is 19.9 Å². The zero-order valence-electron chi connectivity index (χ0n) is 19.5. The number of ether oxygens (including phenoxy) is 1. The summed E-state index contributed by atoms with van der Waals surface area (Å²) in [7, 11) is 1.65. The molecule has 11 nitrogen and oxygen atoms in total. The molecule has 0 spiro atoms. The van der Waals surface area contributed by atoms with E-state index < -0.39 is 17.2 Å². The fraction of sp³-hybridized carbons (Fsp3) is 0.435. The van der Waals surface area contributed by atoms with Gasteiger partial charge in [-0.3, -0.25) is 28.3 Å². The summed E-state index contributed by atoms with van der Waals surface area (Å²) in [5, 5.41) is 0. The Morgan fingerprint density at radius 1 is 1.00 bits per heavy atom. The number of para-hydroxylation sites is 2. The third-order valence-corrected chi connectivity index (χ3v) is 5.85. The lowest BCUT2D eigenvalue weighted by Crippen LogP contribution is -2.31. The summed E-state index contributed by atoms with van der Waals surface area (Å²) in [5.41, 5.74) is 0.578. The number of esters is 1. The van der Waals surface area contributed by atoms with E-state index in [0.29, 0.717) is 36.4 Å². The highest BCUT2D eigenvalue weighted by atomic mass is 16.5. The average Bonchev–Trinajstić information content (AvgIpc) is 3.29. The van der Waals surface area contributed by atoms with Crippen LogP contribution in [0.15, 0.2) is 38.6 Å². The standard InChI is InChI=1S/C23H28N6O5/c1-4-6-12-28-20-19(21(31)25-22(28)32)27(11-5-2)17(24-20)14-34-18(30)13-29-16-10-8-7-9-15(16)26(3)23(29)33/h7-10H,4-6,11-14H2,1-3H3,(H,25,31,32). The van der Waals surface area contributed by atoms with Gasteiger partial charge in [-0.1, -0.05) is 32.4 Å². The largest absolute Gasteiger partial charge is 0.456 e. The van der Waals surface area contributed by atoms with Crippen LogP contribution >= 0.6 is 0 Å². The molecule has 4 rings (SSSR count). The number of H-pyrrole nitrogens is 1. The van der Waals surface area contributed by atoms with Crippen LogP contribution in [0.1, 0.15) is 38.9 Å². The van der Waals surface area contributed by atoms with Gasteiger partial charge in [-0.05, 0) is 25.0 Å². The van der Waals surface area contributed by atoms with Crippen molar-refractivity contribution in [2.45, 2.75) is 59.4 Å². The van der Waals surface area contributed by atoms with Gasteiger partial charge in [-0.25, -0.2) is 14.6 Å². The Bertz CT molecular complexity index is 1530. The maximum atomic E-state index is 12.7. The van der Waals surface area contributed by atoms with Gasteiger partial charge in [0, 0.05) is 20.1 Å². The van der Waals surface area contributed by atoms with Crippen molar-refractivity contribution < 1.29 is 9.53 Å². The lowest BCUT2D eigenvalue weighted by Gasteiger charge is -2.09. The predicted octanol–water partition coefficient (Wildman–Crippen LogP) is 1.49. The first-order valence-electron chi connectivity index (χ1n) is 11.4. The molecule has 4 aromatic rings. The number of nitrogens with one attached hydrogen (secondary N) is 1. The summed E-state index contributed by atoms with van der Waals surface area (Å²) in [5.74, 6) is -0.234. The van der Waals surface area contributed by atoms with Crippen molar-refractivity contribution >= 4 is 28.2 Å². The number of nitrogens with zero attached hydrogens (tertiary/aromatic N) is 5. The smallest absolute Gasteiger partial charge is 0.330 e. The summed E-state index contributed by atoms with van der Waals surface area (Å²) in [4.78, 5) is 57.1. The molecule has 0 fully saturated rings. The molecule has 180 valence electrons. The fourth-order valence-electron chi connectivity index (χ4n) is 4.15. The molecule has 0 saturated carbocycles. The lowest BCUT2D eigenvalue weighted by molar-refractivity contribution is -0.146. The van der Waals surface area contributed by atoms with Crippen LogP contribution in [0.25, 0.3) is 22.2 Å². The Morgan fingerprint density at radius 2 is 1.74 bits per heavy atom. The topological polar surface area (TPSA) is 126 Å². The van der Waals surface area contributed by atoms with Crippen molar-refractivity contribution in [1.29, 1.82) is 0 Å². The number of carbonyl (C=O) groups excluding carboxylic acids is 1. The first-order valence-corrected chi connectivity index (χ1v) is 11.4. The number of hydrogen-bond donors (Lipinski definition) is 1. The van der Waals surface area contributed by atoms with E-state index in [0.717, 1.165) is 12.8 Å². The number of hydrogen-bond acceptors (Lipinski definition) is 6. The first kappa shape index (κ1) is 23.3. The highest BCUT2D eigenvalue weighted by molar-refractivity contribution is 5.78. The molecule has 3 aromatic heterocycles. The van der Waals surface area contributed by atoms with Crippen LogP contribution in [-0.4, -0.2) is 34.2 Å². The summed E-state index contributed by atoms with van der Waals surface area (Å²) in [6.45, 7) is 4.42. The number of carbonyl (C=O) groups is 1. The molecule has 1 aromatic carbocycles. The molecular formula is C23H28N6O5. The molecule has 0 unspecified atom stereocenters. The maximum Gasteiger partial charge on any atom is 0.330 e. The van der Waals surface area contributed by atoms with Crippen molar-refractivity contribution in [3.8, 4) is 0 Å². The number of rotatable bonds is 9. The zero-order valence-corrected chi connectivity index (χ0v) is 19.5. The molecule has 0 aliphatic rings. The Morgan fingerprint density at radius 3 is 2.44 bits per heavy atom. The van der Waals surface area contributed by atoms with E-state index in [1.165, 1.54) is 13.7 Å². The third kappa shape index (κ3) is 4.09. The minimum atomic E-state index is -0.606. The minimum absolute atomic E-state index is 0.186. The average molecular weight is 469 g/mol. The second kappa shape index (κ2) is 9.54. The van der Waals surface area contributed by atoms with Gasteiger partial charge >= 0.3 is 17.3 Å². The van der Waals surface area contributed by atoms with Gasteiger partial charge in [0.25, 0.3) is 5.56 Å². The quantitative estimate of drug-likeness (QED) is 0.371. The van der Waals surface area contributed by atoms with Crippen molar-refractivity contribution in [1.82, 2.24) is 28.2 Å². The van der Waals surface area contributed by atoms with E-state index in [1.54, 1.807) is 29.8 Å². The van der Waals surface area contributed by atoms with E-state index in [2.05, 4.69) is 9.97 Å². The van der Waals surface area contributed by atoms with Crippen LogP contribution in [0.4, 0.5) is 0 Å². The minimum Gasteiger partial charge on any atom is -0.456 e. The van der Waals surface area contributed by atoms with Crippen molar-refractivity contribution in [3.05, 3.63) is 61.4 Å². The Hall–Kier alpha value is -3.89. The van der Waals surface area contributed by atoms with Crippen LogP contribution in [0, 0.1) is 0 Å². The number of unbranched alkanes of at least 4 members (excludes halogenated alkanes) is 1. The summed E-state index contributed by atoms with van der Waals surface area (Å²) < 4.78 is 11.4. The van der Waals surface area contributed by atoms with E-state index in [9.17, 15) is 19.2 Å². The Kier molecular flexibility index (Phi) is 6.53. The number of imidazole rings is 2. The summed E-state index contributed by atoms with van der Waals surface area (Å²) in [6, 6.07) is 7.20. The van der Waals surface area contributed by atoms with Gasteiger partial charge in [-0.15, -0.1) is 0 Å². The molecule has 34 heavy (non-hydrogen) atoms. The highest BCUT2D eigenvalue weighted by Crippen LogP contribution is 2.15. The summed E-state index contributed by atoms with van der Waals surface area (Å²) >= 11 is 0. The van der Waals surface area contributed by atoms with Gasteiger partial charge in [-0.2, -0.15) is 0 Å². The van der Waals surface area contributed by atoms with E-state index >= 15 is 0 Å². The zero-order chi connectivity index (χ0) is 24.4. The monoisotopic (exact) mass is 468 g/mol. The van der Waals surface area contributed by atoms with Gasteiger partial charge in [0.15, 0.2) is 11.2 Å². The van der Waals surface area contributed by atoms with Gasteiger partial charge in [0.2, 0.25) is 0 Å². The molecule has 0 aliphatic carbocycles. The van der Waals surface area contributed by atoms with E-state index in [-0.39, 0.29) is 30.0 Å². The van der Waals surface area contributed by atoms with Gasteiger partial charge in [0.1, 0.15) is 19.0 Å². The van der Waals surface area contributed by atoms with Gasteiger partial charge < -0.3 is 9.30 Å². The normalized spacial score (nSPS) is 11.5. The number of aromatic nitrogens is 6. The van der Waals surface area contributed by atoms with Crippen LogP contribution in [-0.2, 0) is 42.8 Å². The number of aryl methyl sites for hydroxylation is 3. The molecule has 3 heterocycles. The van der Waals surface area contributed by atoms with Crippen molar-refractivity contribution in [3.63, 3.8) is 0 Å². The second-order valence-corrected chi connectivity index (χ2v) is 8.19. The van der Waals surface area contributed by atoms with Gasteiger partial charge in [0.05, 0.1) is 11.0 Å². The van der Waals surface area contributed by atoms with Crippen molar-refractivity contribution in [2.75, 3.05) is 0 Å². The molecule has 0 atom stereocenters. The SMILES string of the molecule is CCCCn1c(=O)[nH]c(=O)c2c1nc(COC(=O)Cn1c(=O)n(C)c3ccccc31)n2CCC. The summed E-state index contributed by atoms with van der Waals surface area (Å²) in [6.07, 6.45) is 2.35. The third-order valence-electron chi connectivity index (χ3n) is 5.85. The first-order chi connectivity index (χ1) is 16.4. The Balaban J connectivity index is 1.64. The van der Waals surface area contributed by atoms with Crippen LogP contribution in [0.2, 0.25) is 0 Å². The molecule has 11 heteroatoms. The molecular weight excluding hydrogens is 440 g/mol. The van der Waals surface area contributed by atoms with Crippen molar-refractivity contribution in [2.24, 2.45) is 7.05 Å². The van der Waals surface area contributed by atoms with Crippen LogP contribution in [0.5, 0.6) is 0 Å². The molecule has 0 amide bonds. The predicted molar refractivity (Wildman–Crippen MR) is 127 cm³/mol. The van der Waals surface area contributed by atoms with Crippen LogP contribution in [0.3, 0.4) is 0 Å². The molecule has 0 saturated heterocycles. The maximum absolute atomic E-state index is 12.7. The number of fused-ring (bicyclic) bond motifs is 2. The number of benzene rings is 1. The molecule has 0 radical (unpaired) electrons. The Labute approximate surface area is 194 Å². The molecule has 1 N–H and O–H groups in total. The second-order valence-electron chi connectivity index (χ2n) is 8.19. The van der Waals surface area contributed by atoms with E-state index in [4.69, 9.17) is 4.74 Å². The lowest BCUT2D eigenvalue weighted by atomic mass is 10.3. The fourth-order valence-corrected chi connectivity index (χ4v) is 4.15. The number of aromatic amines is 1. The van der Waals surface area contributed by atoms with Crippen LogP contribution < -0.4 is 16.9 Å². The highest BCUT2D eigenvalue weighted by Gasteiger charge is 2.20. The molecule has 0 bridgehead atoms. The molecule has 0 aliphatic heterocycles.